The normalized spacial score (nSPS) is 21.5. The van der Waals surface area contributed by atoms with Crippen molar-refractivity contribution in [1.29, 1.82) is 5.26 Å². The topological polar surface area (TPSA) is 35.8 Å². The SMILES string of the molecule is CC1(C)CC1NCc1cc(C#N)ccc1F. The summed E-state index contributed by atoms with van der Waals surface area (Å²) in [4.78, 5) is 0. The smallest absolute Gasteiger partial charge is 0.127 e. The van der Waals surface area contributed by atoms with Crippen molar-refractivity contribution in [1.82, 2.24) is 5.32 Å². The summed E-state index contributed by atoms with van der Waals surface area (Å²) >= 11 is 0. The summed E-state index contributed by atoms with van der Waals surface area (Å²) in [7, 11) is 0. The molecule has 2 rings (SSSR count). The van der Waals surface area contributed by atoms with Crippen LogP contribution in [0.2, 0.25) is 0 Å². The third-order valence-corrected chi connectivity index (χ3v) is 3.23. The van der Waals surface area contributed by atoms with E-state index < -0.39 is 0 Å². The monoisotopic (exact) mass is 218 g/mol. The van der Waals surface area contributed by atoms with Gasteiger partial charge in [-0.1, -0.05) is 13.8 Å². The first-order valence-corrected chi connectivity index (χ1v) is 5.45. The van der Waals surface area contributed by atoms with E-state index >= 15 is 0 Å². The molecule has 1 N–H and O–H groups in total. The van der Waals surface area contributed by atoms with Crippen molar-refractivity contribution in [2.24, 2.45) is 5.41 Å². The predicted octanol–water partition coefficient (Wildman–Crippen LogP) is 2.59. The van der Waals surface area contributed by atoms with Gasteiger partial charge in [0.1, 0.15) is 5.82 Å². The summed E-state index contributed by atoms with van der Waals surface area (Å²) in [5.41, 5.74) is 1.42. The van der Waals surface area contributed by atoms with E-state index in [1.165, 1.54) is 12.1 Å². The zero-order valence-electron chi connectivity index (χ0n) is 9.55. The lowest BCUT2D eigenvalue weighted by Gasteiger charge is -2.07. The van der Waals surface area contributed by atoms with E-state index in [2.05, 4.69) is 19.2 Å². The Balaban J connectivity index is 2.02. The summed E-state index contributed by atoms with van der Waals surface area (Å²) in [6.07, 6.45) is 1.13. The van der Waals surface area contributed by atoms with Gasteiger partial charge in [0, 0.05) is 18.2 Å². The highest BCUT2D eigenvalue weighted by molar-refractivity contribution is 5.33. The fraction of sp³-hybridized carbons (Fsp3) is 0.462. The van der Waals surface area contributed by atoms with Gasteiger partial charge < -0.3 is 5.32 Å². The van der Waals surface area contributed by atoms with Crippen molar-refractivity contribution in [3.63, 3.8) is 0 Å². The van der Waals surface area contributed by atoms with Gasteiger partial charge >= 0.3 is 0 Å². The Morgan fingerprint density at radius 3 is 2.81 bits per heavy atom. The van der Waals surface area contributed by atoms with Gasteiger partial charge in [-0.05, 0) is 30.0 Å². The van der Waals surface area contributed by atoms with Crippen LogP contribution in [0, 0.1) is 22.6 Å². The van der Waals surface area contributed by atoms with Gasteiger partial charge in [0.2, 0.25) is 0 Å². The van der Waals surface area contributed by atoms with Gasteiger partial charge in [0.15, 0.2) is 0 Å². The van der Waals surface area contributed by atoms with Crippen LogP contribution >= 0.6 is 0 Å². The number of nitriles is 1. The van der Waals surface area contributed by atoms with Gasteiger partial charge in [0.05, 0.1) is 11.6 Å². The largest absolute Gasteiger partial charge is 0.309 e. The summed E-state index contributed by atoms with van der Waals surface area (Å²) in [5, 5.41) is 12.0. The molecule has 1 aliphatic rings. The Kier molecular flexibility index (Phi) is 2.69. The quantitative estimate of drug-likeness (QED) is 0.846. The van der Waals surface area contributed by atoms with Gasteiger partial charge in [-0.15, -0.1) is 0 Å². The van der Waals surface area contributed by atoms with Gasteiger partial charge in [0.25, 0.3) is 0 Å². The third kappa shape index (κ3) is 2.23. The first-order valence-electron chi connectivity index (χ1n) is 5.45. The average molecular weight is 218 g/mol. The Bertz CT molecular complexity index is 446. The summed E-state index contributed by atoms with van der Waals surface area (Å²) in [6.45, 7) is 4.87. The molecule has 2 nitrogen and oxygen atoms in total. The molecule has 1 unspecified atom stereocenters. The number of rotatable bonds is 3. The van der Waals surface area contributed by atoms with E-state index in [4.69, 9.17) is 5.26 Å². The Hall–Kier alpha value is -1.40. The van der Waals surface area contributed by atoms with Crippen LogP contribution in [0.15, 0.2) is 18.2 Å². The molecule has 3 heteroatoms. The molecule has 1 aromatic rings. The minimum Gasteiger partial charge on any atom is -0.309 e. The van der Waals surface area contributed by atoms with Crippen LogP contribution in [0.4, 0.5) is 4.39 Å². The van der Waals surface area contributed by atoms with E-state index in [0.29, 0.717) is 29.1 Å². The molecule has 0 amide bonds. The molecular formula is C13H15FN2. The van der Waals surface area contributed by atoms with Crippen LogP contribution < -0.4 is 5.32 Å². The highest BCUT2D eigenvalue weighted by Crippen LogP contribution is 2.44. The molecule has 0 heterocycles. The van der Waals surface area contributed by atoms with E-state index in [0.717, 1.165) is 6.42 Å². The number of halogens is 1. The third-order valence-electron chi connectivity index (χ3n) is 3.23. The minimum absolute atomic E-state index is 0.245. The number of hydrogen-bond acceptors (Lipinski definition) is 2. The van der Waals surface area contributed by atoms with Crippen LogP contribution in [-0.4, -0.2) is 6.04 Å². The van der Waals surface area contributed by atoms with Gasteiger partial charge in [-0.2, -0.15) is 5.26 Å². The second-order valence-electron chi connectivity index (χ2n) is 5.04. The predicted molar refractivity (Wildman–Crippen MR) is 60.1 cm³/mol. The molecule has 0 spiro atoms. The highest BCUT2D eigenvalue weighted by Gasteiger charge is 2.45. The van der Waals surface area contributed by atoms with Crippen molar-refractivity contribution in [3.05, 3.63) is 35.1 Å². The van der Waals surface area contributed by atoms with E-state index in [9.17, 15) is 4.39 Å². The zero-order valence-corrected chi connectivity index (χ0v) is 9.55. The van der Waals surface area contributed by atoms with Crippen LogP contribution in [0.5, 0.6) is 0 Å². The maximum absolute atomic E-state index is 13.4. The van der Waals surface area contributed by atoms with Crippen molar-refractivity contribution in [2.45, 2.75) is 32.9 Å². The molecule has 0 radical (unpaired) electrons. The van der Waals surface area contributed by atoms with Gasteiger partial charge in [-0.25, -0.2) is 4.39 Å². The van der Waals surface area contributed by atoms with E-state index in [-0.39, 0.29) is 5.82 Å². The second-order valence-corrected chi connectivity index (χ2v) is 5.04. The maximum Gasteiger partial charge on any atom is 0.127 e. The lowest BCUT2D eigenvalue weighted by molar-refractivity contribution is 0.528. The molecule has 16 heavy (non-hydrogen) atoms. The Morgan fingerprint density at radius 2 is 2.25 bits per heavy atom. The average Bonchev–Trinajstić information content (AvgIpc) is 2.85. The Morgan fingerprint density at radius 1 is 1.56 bits per heavy atom. The first-order chi connectivity index (χ1) is 7.53. The highest BCUT2D eigenvalue weighted by atomic mass is 19.1. The van der Waals surface area contributed by atoms with Crippen molar-refractivity contribution in [2.75, 3.05) is 0 Å². The van der Waals surface area contributed by atoms with Crippen LogP contribution in [0.3, 0.4) is 0 Å². The number of nitrogens with zero attached hydrogens (tertiary/aromatic N) is 1. The lowest BCUT2D eigenvalue weighted by Crippen LogP contribution is -2.20. The fourth-order valence-corrected chi connectivity index (χ4v) is 1.83. The molecule has 0 aliphatic heterocycles. The van der Waals surface area contributed by atoms with Crippen molar-refractivity contribution in [3.8, 4) is 6.07 Å². The first kappa shape index (κ1) is 11.1. The molecule has 1 aromatic carbocycles. The molecule has 1 saturated carbocycles. The van der Waals surface area contributed by atoms with Crippen molar-refractivity contribution < 1.29 is 4.39 Å². The lowest BCUT2D eigenvalue weighted by atomic mass is 10.1. The Labute approximate surface area is 95.1 Å². The van der Waals surface area contributed by atoms with E-state index in [1.54, 1.807) is 6.07 Å². The fourth-order valence-electron chi connectivity index (χ4n) is 1.83. The second kappa shape index (κ2) is 3.88. The zero-order chi connectivity index (χ0) is 11.8. The molecular weight excluding hydrogens is 203 g/mol. The summed E-state index contributed by atoms with van der Waals surface area (Å²) in [6, 6.07) is 6.95. The van der Waals surface area contributed by atoms with E-state index in [1.807, 2.05) is 6.07 Å². The molecule has 0 aromatic heterocycles. The number of nitrogens with one attached hydrogen (secondary N) is 1. The van der Waals surface area contributed by atoms with Gasteiger partial charge in [-0.3, -0.25) is 0 Å². The minimum atomic E-state index is -0.245. The maximum atomic E-state index is 13.4. The number of hydrogen-bond donors (Lipinski definition) is 1. The molecule has 1 fully saturated rings. The number of benzene rings is 1. The van der Waals surface area contributed by atoms with Crippen LogP contribution in [-0.2, 0) is 6.54 Å². The molecule has 1 aliphatic carbocycles. The van der Waals surface area contributed by atoms with Crippen LogP contribution in [0.1, 0.15) is 31.4 Å². The summed E-state index contributed by atoms with van der Waals surface area (Å²) in [5.74, 6) is -0.245. The summed E-state index contributed by atoms with van der Waals surface area (Å²) < 4.78 is 13.4. The van der Waals surface area contributed by atoms with Crippen molar-refractivity contribution >= 4 is 0 Å². The standard InChI is InChI=1S/C13H15FN2/c1-13(2)6-12(13)16-8-10-5-9(7-15)3-4-11(10)14/h3-5,12,16H,6,8H2,1-2H3. The van der Waals surface area contributed by atoms with Crippen LogP contribution in [0.25, 0.3) is 0 Å². The molecule has 84 valence electrons. The molecule has 0 bridgehead atoms. The molecule has 0 saturated heterocycles. The molecule has 1 atom stereocenters.